The number of hydrogen-bond acceptors (Lipinski definition) is 5. The Hall–Kier alpha value is -3.18. The summed E-state index contributed by atoms with van der Waals surface area (Å²) in [5.74, 6) is -0.112. The maximum absolute atomic E-state index is 14.2. The van der Waals surface area contributed by atoms with Gasteiger partial charge in [0.05, 0.1) is 10.8 Å². The maximum atomic E-state index is 14.2. The van der Waals surface area contributed by atoms with Gasteiger partial charge >= 0.3 is 6.61 Å². The lowest BCUT2D eigenvalue weighted by atomic mass is 9.73. The number of benzene rings is 2. The van der Waals surface area contributed by atoms with Gasteiger partial charge < -0.3 is 19.9 Å². The lowest BCUT2D eigenvalue weighted by Gasteiger charge is -2.42. The van der Waals surface area contributed by atoms with Crippen molar-refractivity contribution < 1.29 is 31.9 Å². The number of carbonyl (C=O) groups is 2. The molecule has 0 bridgehead atoms. The monoisotopic (exact) mass is 602 g/mol. The van der Waals surface area contributed by atoms with Crippen LogP contribution in [0, 0.1) is 0 Å². The lowest BCUT2D eigenvalue weighted by molar-refractivity contribution is -0.125. The quantitative estimate of drug-likeness (QED) is 0.413. The second-order valence-corrected chi connectivity index (χ2v) is 12.7. The molecule has 2 aromatic carbocycles. The molecule has 2 amide bonds. The van der Waals surface area contributed by atoms with Crippen LogP contribution in [-0.2, 0) is 20.4 Å². The molecule has 0 saturated carbocycles. The summed E-state index contributed by atoms with van der Waals surface area (Å²) in [5.41, 5.74) is 0.990. The van der Waals surface area contributed by atoms with E-state index in [0.717, 1.165) is 24.3 Å². The van der Waals surface area contributed by atoms with Crippen molar-refractivity contribution in [1.82, 2.24) is 9.80 Å². The highest BCUT2D eigenvalue weighted by atomic mass is 19.3. The first-order chi connectivity index (χ1) is 20.4. The molecule has 2 fully saturated rings. The molecule has 1 atom stereocenters. The zero-order chi connectivity index (χ0) is 30.7. The van der Waals surface area contributed by atoms with E-state index in [4.69, 9.17) is 4.74 Å². The normalized spacial score (nSPS) is 22.1. The molecule has 7 nitrogen and oxygen atoms in total. The fourth-order valence-electron chi connectivity index (χ4n) is 7.67. The van der Waals surface area contributed by atoms with Crippen LogP contribution >= 0.6 is 0 Å². The molecule has 11 heteroatoms. The molecular formula is C32H38F4N4O3. The topological polar surface area (TPSA) is 65.1 Å². The second kappa shape index (κ2) is 11.1. The average Bonchev–Trinajstić information content (AvgIpc) is 3.36. The van der Waals surface area contributed by atoms with Gasteiger partial charge in [-0.15, -0.1) is 0 Å². The first-order valence-electron chi connectivity index (χ1n) is 15.1. The molecule has 2 spiro atoms. The van der Waals surface area contributed by atoms with Crippen LogP contribution in [0.25, 0.3) is 0 Å². The molecule has 2 aromatic rings. The summed E-state index contributed by atoms with van der Waals surface area (Å²) in [6, 6.07) is 9.49. The minimum Gasteiger partial charge on any atom is -0.435 e. The Morgan fingerprint density at radius 1 is 0.837 bits per heavy atom. The van der Waals surface area contributed by atoms with E-state index in [0.29, 0.717) is 62.6 Å². The van der Waals surface area contributed by atoms with E-state index in [1.165, 1.54) is 18.2 Å². The van der Waals surface area contributed by atoms with E-state index in [-0.39, 0.29) is 29.2 Å². The van der Waals surface area contributed by atoms with Gasteiger partial charge in [-0.1, -0.05) is 6.07 Å². The molecule has 1 N–H and O–H groups in total. The van der Waals surface area contributed by atoms with Crippen LogP contribution in [-0.4, -0.2) is 73.0 Å². The van der Waals surface area contributed by atoms with Crippen LogP contribution in [0.15, 0.2) is 36.4 Å². The number of nitrogens with zero attached hydrogens (tertiary/aromatic N) is 3. The first-order valence-corrected chi connectivity index (χ1v) is 15.1. The minimum atomic E-state index is -2.96. The van der Waals surface area contributed by atoms with E-state index in [2.05, 4.69) is 29.0 Å². The molecule has 43 heavy (non-hydrogen) atoms. The third kappa shape index (κ3) is 4.98. The lowest BCUT2D eigenvalue weighted by Crippen LogP contribution is -2.54. The zero-order valence-corrected chi connectivity index (χ0v) is 24.7. The highest BCUT2D eigenvalue weighted by Gasteiger charge is 2.53. The van der Waals surface area contributed by atoms with Gasteiger partial charge in [-0.05, 0) is 114 Å². The number of nitrogens with one attached hydrogen (secondary N) is 1. The van der Waals surface area contributed by atoms with Crippen LogP contribution in [0.5, 0.6) is 5.75 Å². The second-order valence-electron chi connectivity index (χ2n) is 12.7. The Kier molecular flexibility index (Phi) is 7.69. The van der Waals surface area contributed by atoms with E-state index < -0.39 is 23.9 Å². The Labute approximate surface area is 249 Å². The summed E-state index contributed by atoms with van der Waals surface area (Å²) in [5, 5.41) is 2.89. The predicted molar refractivity (Wildman–Crippen MR) is 155 cm³/mol. The highest BCUT2D eigenvalue weighted by Crippen LogP contribution is 2.50. The van der Waals surface area contributed by atoms with Crippen molar-refractivity contribution in [3.8, 4) is 5.75 Å². The fraction of sp³-hybridized carbons (Fsp3) is 0.562. The van der Waals surface area contributed by atoms with Crippen molar-refractivity contribution in [2.75, 3.05) is 42.9 Å². The van der Waals surface area contributed by atoms with Crippen molar-refractivity contribution in [2.45, 2.75) is 82.4 Å². The van der Waals surface area contributed by atoms with Crippen molar-refractivity contribution >= 4 is 23.2 Å². The number of fused-ring (bicyclic) bond motifs is 4. The van der Waals surface area contributed by atoms with Crippen LogP contribution in [0.4, 0.5) is 28.9 Å². The van der Waals surface area contributed by atoms with Crippen LogP contribution < -0.4 is 15.0 Å². The number of piperidine rings is 2. The smallest absolute Gasteiger partial charge is 0.387 e. The summed E-state index contributed by atoms with van der Waals surface area (Å²) in [6.45, 7) is 6.34. The number of ether oxygens (including phenoxy) is 1. The van der Waals surface area contributed by atoms with E-state index in [9.17, 15) is 27.2 Å². The van der Waals surface area contributed by atoms with Gasteiger partial charge in [0, 0.05) is 35.6 Å². The van der Waals surface area contributed by atoms with E-state index in [1.807, 2.05) is 6.92 Å². The van der Waals surface area contributed by atoms with Crippen molar-refractivity contribution in [2.24, 2.45) is 0 Å². The van der Waals surface area contributed by atoms with Gasteiger partial charge in [-0.2, -0.15) is 8.78 Å². The number of likely N-dealkylation sites (tertiary alicyclic amines) is 2. The highest BCUT2D eigenvalue weighted by molar-refractivity contribution is 6.08. The molecule has 4 aliphatic rings. The molecule has 2 saturated heterocycles. The van der Waals surface area contributed by atoms with Crippen molar-refractivity contribution in [1.29, 1.82) is 0 Å². The molecule has 6 rings (SSSR count). The molecule has 0 aliphatic carbocycles. The van der Waals surface area contributed by atoms with Gasteiger partial charge in [-0.3, -0.25) is 14.5 Å². The molecule has 1 unspecified atom stereocenters. The van der Waals surface area contributed by atoms with E-state index >= 15 is 0 Å². The number of amides is 2. The SMILES string of the molecule is CC(C)N1CCC2(CC1)C(=O)N(CC(C)N1CCC3(CC1)C(=O)Nc1ccc(C(F)F)cc13)c1ccc(OC(F)F)cc12. The Morgan fingerprint density at radius 2 is 1.49 bits per heavy atom. The van der Waals surface area contributed by atoms with Gasteiger partial charge in [0.15, 0.2) is 0 Å². The van der Waals surface area contributed by atoms with Crippen molar-refractivity contribution in [3.63, 3.8) is 0 Å². The predicted octanol–water partition coefficient (Wildman–Crippen LogP) is 5.69. The molecule has 232 valence electrons. The Balaban J connectivity index is 1.21. The Morgan fingerprint density at radius 3 is 2.12 bits per heavy atom. The summed E-state index contributed by atoms with van der Waals surface area (Å²) < 4.78 is 57.8. The van der Waals surface area contributed by atoms with E-state index in [1.54, 1.807) is 23.1 Å². The summed E-state index contributed by atoms with van der Waals surface area (Å²) in [6.07, 6.45) is -0.450. The average molecular weight is 603 g/mol. The van der Waals surface area contributed by atoms with Gasteiger partial charge in [0.25, 0.3) is 6.43 Å². The molecular weight excluding hydrogens is 564 g/mol. The van der Waals surface area contributed by atoms with Crippen LogP contribution in [0.3, 0.4) is 0 Å². The summed E-state index contributed by atoms with van der Waals surface area (Å²) >= 11 is 0. The zero-order valence-electron chi connectivity index (χ0n) is 24.7. The number of carbonyl (C=O) groups excluding carboxylic acids is 2. The number of alkyl halides is 4. The number of hydrogen-bond donors (Lipinski definition) is 1. The molecule has 4 heterocycles. The van der Waals surface area contributed by atoms with Gasteiger partial charge in [0.2, 0.25) is 11.8 Å². The minimum absolute atomic E-state index is 0.0101. The van der Waals surface area contributed by atoms with Gasteiger partial charge in [0.1, 0.15) is 5.75 Å². The third-order valence-corrected chi connectivity index (χ3v) is 10.3. The number of anilines is 2. The van der Waals surface area contributed by atoms with Gasteiger partial charge in [-0.25, -0.2) is 8.78 Å². The largest absolute Gasteiger partial charge is 0.435 e. The van der Waals surface area contributed by atoms with Crippen molar-refractivity contribution in [3.05, 3.63) is 53.1 Å². The molecule has 4 aliphatic heterocycles. The van der Waals surface area contributed by atoms with Crippen LogP contribution in [0.1, 0.15) is 69.6 Å². The number of rotatable bonds is 7. The maximum Gasteiger partial charge on any atom is 0.387 e. The number of halogens is 4. The Bertz CT molecular complexity index is 1400. The fourth-order valence-corrected chi connectivity index (χ4v) is 7.67. The summed E-state index contributed by atoms with van der Waals surface area (Å²) in [4.78, 5) is 33.7. The standard InChI is InChI=1S/C32H38F4N4O3/c1-19(2)38-12-10-32(11-13-38)24-17-22(43-30(35)36)5-7-26(24)40(29(32)42)18-20(3)39-14-8-31(9-15-39)23-16-21(27(33)34)4-6-25(23)37-28(31)41/h4-7,16-17,19-20,27,30H,8-15,18H2,1-3H3,(H,37,41). The van der Waals surface area contributed by atoms with Crippen LogP contribution in [0.2, 0.25) is 0 Å². The first kappa shape index (κ1) is 29.9. The molecule has 0 aromatic heterocycles. The summed E-state index contributed by atoms with van der Waals surface area (Å²) in [7, 11) is 0. The molecule has 0 radical (unpaired) electrons. The third-order valence-electron chi connectivity index (χ3n) is 10.3.